The summed E-state index contributed by atoms with van der Waals surface area (Å²) in [6.07, 6.45) is 3.03. The lowest BCUT2D eigenvalue weighted by Gasteiger charge is -2.06. The van der Waals surface area contributed by atoms with Crippen LogP contribution in [-0.2, 0) is 11.2 Å². The number of aromatic nitrogens is 1. The first kappa shape index (κ1) is 12.7. The van der Waals surface area contributed by atoms with Crippen LogP contribution in [0.2, 0.25) is 0 Å². The highest BCUT2D eigenvalue weighted by atomic mass is 16.5. The second kappa shape index (κ2) is 4.67. The summed E-state index contributed by atoms with van der Waals surface area (Å²) in [5, 5.41) is 0. The molecule has 0 aliphatic heterocycles. The van der Waals surface area contributed by atoms with Gasteiger partial charge in [0.25, 0.3) is 0 Å². The number of aromatic amines is 1. The molecule has 1 aromatic heterocycles. The van der Waals surface area contributed by atoms with Gasteiger partial charge in [0.15, 0.2) is 0 Å². The SMILES string of the molecule is COC(=O)c1cc2c([nH]1)CC=C2c1cc(C)cc(C)c1. The summed E-state index contributed by atoms with van der Waals surface area (Å²) in [5.74, 6) is -0.320. The minimum absolute atomic E-state index is 0.320. The average molecular weight is 267 g/mol. The smallest absolute Gasteiger partial charge is 0.354 e. The van der Waals surface area contributed by atoms with Crippen molar-refractivity contribution in [1.29, 1.82) is 0 Å². The molecule has 1 N–H and O–H groups in total. The third kappa shape index (κ3) is 2.05. The van der Waals surface area contributed by atoms with Crippen molar-refractivity contribution >= 4 is 11.5 Å². The average Bonchev–Trinajstić information content (AvgIpc) is 2.95. The van der Waals surface area contributed by atoms with E-state index < -0.39 is 0 Å². The summed E-state index contributed by atoms with van der Waals surface area (Å²) in [5.41, 5.74) is 7.61. The number of benzene rings is 1. The lowest BCUT2D eigenvalue weighted by Crippen LogP contribution is -2.01. The Bertz CT molecular complexity index is 702. The van der Waals surface area contributed by atoms with Gasteiger partial charge in [-0.25, -0.2) is 4.79 Å². The van der Waals surface area contributed by atoms with Crippen LogP contribution in [0.1, 0.15) is 38.4 Å². The van der Waals surface area contributed by atoms with E-state index in [0.717, 1.165) is 17.7 Å². The highest BCUT2D eigenvalue weighted by Crippen LogP contribution is 2.34. The van der Waals surface area contributed by atoms with E-state index >= 15 is 0 Å². The van der Waals surface area contributed by atoms with Gasteiger partial charge in [-0.3, -0.25) is 0 Å². The van der Waals surface area contributed by atoms with Gasteiger partial charge < -0.3 is 9.72 Å². The summed E-state index contributed by atoms with van der Waals surface area (Å²) >= 11 is 0. The Morgan fingerprint density at radius 3 is 2.50 bits per heavy atom. The molecular formula is C17H17NO2. The van der Waals surface area contributed by atoms with Gasteiger partial charge in [0.05, 0.1) is 7.11 Å². The van der Waals surface area contributed by atoms with Crippen molar-refractivity contribution in [3.05, 3.63) is 64.0 Å². The molecule has 0 atom stereocenters. The molecule has 3 heteroatoms. The van der Waals surface area contributed by atoms with E-state index in [0.29, 0.717) is 5.69 Å². The lowest BCUT2D eigenvalue weighted by atomic mass is 9.98. The van der Waals surface area contributed by atoms with Gasteiger partial charge in [-0.1, -0.05) is 35.4 Å². The summed E-state index contributed by atoms with van der Waals surface area (Å²) in [7, 11) is 1.40. The maximum atomic E-state index is 11.6. The molecule has 1 aliphatic carbocycles. The number of allylic oxidation sites excluding steroid dienone is 1. The maximum Gasteiger partial charge on any atom is 0.354 e. The first-order valence-electron chi connectivity index (χ1n) is 6.68. The van der Waals surface area contributed by atoms with Crippen LogP contribution in [0.5, 0.6) is 0 Å². The van der Waals surface area contributed by atoms with Gasteiger partial charge in [-0.05, 0) is 31.1 Å². The van der Waals surface area contributed by atoms with Gasteiger partial charge in [0.2, 0.25) is 0 Å². The first-order valence-corrected chi connectivity index (χ1v) is 6.68. The molecule has 0 saturated carbocycles. The molecule has 0 spiro atoms. The molecule has 1 aliphatic rings. The normalized spacial score (nSPS) is 13.1. The van der Waals surface area contributed by atoms with Crippen molar-refractivity contribution in [2.45, 2.75) is 20.3 Å². The summed E-state index contributed by atoms with van der Waals surface area (Å²) < 4.78 is 4.76. The van der Waals surface area contributed by atoms with Crippen LogP contribution in [0, 0.1) is 13.8 Å². The van der Waals surface area contributed by atoms with Crippen molar-refractivity contribution in [1.82, 2.24) is 4.98 Å². The van der Waals surface area contributed by atoms with E-state index in [1.807, 2.05) is 6.07 Å². The molecule has 2 aromatic rings. The first-order chi connectivity index (χ1) is 9.58. The Kier molecular flexibility index (Phi) is 2.97. The zero-order chi connectivity index (χ0) is 14.3. The molecule has 0 unspecified atom stereocenters. The van der Waals surface area contributed by atoms with Crippen molar-refractivity contribution in [3.63, 3.8) is 0 Å². The minimum Gasteiger partial charge on any atom is -0.464 e. The molecule has 3 nitrogen and oxygen atoms in total. The van der Waals surface area contributed by atoms with E-state index in [4.69, 9.17) is 4.74 Å². The van der Waals surface area contributed by atoms with E-state index in [1.165, 1.54) is 29.4 Å². The van der Waals surface area contributed by atoms with Crippen molar-refractivity contribution < 1.29 is 9.53 Å². The van der Waals surface area contributed by atoms with Crippen molar-refractivity contribution in [2.24, 2.45) is 0 Å². The van der Waals surface area contributed by atoms with Gasteiger partial charge in [0, 0.05) is 17.7 Å². The highest BCUT2D eigenvalue weighted by Gasteiger charge is 2.21. The van der Waals surface area contributed by atoms with Crippen LogP contribution >= 0.6 is 0 Å². The molecule has 0 bridgehead atoms. The summed E-state index contributed by atoms with van der Waals surface area (Å²) in [4.78, 5) is 14.7. The van der Waals surface area contributed by atoms with Crippen LogP contribution in [0.4, 0.5) is 0 Å². The fourth-order valence-corrected chi connectivity index (χ4v) is 2.84. The number of methoxy groups -OCH3 is 1. The molecule has 0 saturated heterocycles. The van der Waals surface area contributed by atoms with Gasteiger partial charge in [-0.15, -0.1) is 0 Å². The molecule has 0 radical (unpaired) electrons. The third-order valence-electron chi connectivity index (χ3n) is 3.64. The zero-order valence-corrected chi connectivity index (χ0v) is 11.9. The molecule has 3 rings (SSSR count). The lowest BCUT2D eigenvalue weighted by molar-refractivity contribution is 0.0594. The molecule has 1 aromatic carbocycles. The maximum absolute atomic E-state index is 11.6. The van der Waals surface area contributed by atoms with Crippen LogP contribution < -0.4 is 0 Å². The number of hydrogen-bond acceptors (Lipinski definition) is 2. The molecule has 102 valence electrons. The van der Waals surface area contributed by atoms with Gasteiger partial charge in [-0.2, -0.15) is 0 Å². The van der Waals surface area contributed by atoms with E-state index in [2.05, 4.69) is 43.1 Å². The Morgan fingerprint density at radius 2 is 1.85 bits per heavy atom. The largest absolute Gasteiger partial charge is 0.464 e. The zero-order valence-electron chi connectivity index (χ0n) is 11.9. The Morgan fingerprint density at radius 1 is 1.15 bits per heavy atom. The fraction of sp³-hybridized carbons (Fsp3) is 0.235. The van der Waals surface area contributed by atoms with Gasteiger partial charge in [0.1, 0.15) is 5.69 Å². The molecular weight excluding hydrogens is 250 g/mol. The van der Waals surface area contributed by atoms with Crippen LogP contribution in [-0.4, -0.2) is 18.1 Å². The predicted molar refractivity (Wildman–Crippen MR) is 78.8 cm³/mol. The number of rotatable bonds is 2. The Labute approximate surface area is 118 Å². The van der Waals surface area contributed by atoms with E-state index in [1.54, 1.807) is 0 Å². The number of carbonyl (C=O) groups is 1. The standard InChI is InChI=1S/C17H17NO2/c1-10-6-11(2)8-12(7-10)13-4-5-15-14(13)9-16(18-15)17(19)20-3/h4,6-9,18H,5H2,1-3H3. The number of carbonyl (C=O) groups excluding carboxylic acids is 1. The predicted octanol–water partition coefficient (Wildman–Crippen LogP) is 3.41. The molecule has 20 heavy (non-hydrogen) atoms. The van der Waals surface area contributed by atoms with Crippen molar-refractivity contribution in [3.8, 4) is 0 Å². The topological polar surface area (TPSA) is 42.1 Å². The van der Waals surface area contributed by atoms with Crippen LogP contribution in [0.25, 0.3) is 5.57 Å². The summed E-state index contributed by atoms with van der Waals surface area (Å²) in [6, 6.07) is 8.41. The molecule has 0 amide bonds. The monoisotopic (exact) mass is 267 g/mol. The fourth-order valence-electron chi connectivity index (χ4n) is 2.84. The van der Waals surface area contributed by atoms with E-state index in [-0.39, 0.29) is 5.97 Å². The number of hydrogen-bond donors (Lipinski definition) is 1. The molecule has 0 fully saturated rings. The number of esters is 1. The van der Waals surface area contributed by atoms with Crippen molar-refractivity contribution in [2.75, 3.05) is 7.11 Å². The van der Waals surface area contributed by atoms with E-state index in [9.17, 15) is 4.79 Å². The van der Waals surface area contributed by atoms with Gasteiger partial charge >= 0.3 is 5.97 Å². The third-order valence-corrected chi connectivity index (χ3v) is 3.64. The Balaban J connectivity index is 2.04. The minimum atomic E-state index is -0.320. The number of aryl methyl sites for hydroxylation is 2. The second-order valence-corrected chi connectivity index (χ2v) is 5.27. The second-order valence-electron chi connectivity index (χ2n) is 5.27. The number of fused-ring (bicyclic) bond motifs is 1. The summed E-state index contributed by atoms with van der Waals surface area (Å²) in [6.45, 7) is 4.20. The number of nitrogens with one attached hydrogen (secondary N) is 1. The number of H-pyrrole nitrogens is 1. The molecule has 1 heterocycles. The highest BCUT2D eigenvalue weighted by molar-refractivity contribution is 5.92. The Hall–Kier alpha value is -2.29. The number of ether oxygens (including phenoxy) is 1. The van der Waals surface area contributed by atoms with Crippen LogP contribution in [0.15, 0.2) is 30.3 Å². The quantitative estimate of drug-likeness (QED) is 0.847. The van der Waals surface area contributed by atoms with Crippen LogP contribution in [0.3, 0.4) is 0 Å².